The molecule has 46 heavy (non-hydrogen) atoms. The van der Waals surface area contributed by atoms with Gasteiger partial charge in [0.15, 0.2) is 11.5 Å². The summed E-state index contributed by atoms with van der Waals surface area (Å²) in [6, 6.07) is 9.83. The maximum Gasteiger partial charge on any atom is 0.328 e. The molecule has 2 aliphatic heterocycles. The summed E-state index contributed by atoms with van der Waals surface area (Å²) in [5.74, 6) is 0.759. The lowest BCUT2D eigenvalue weighted by Gasteiger charge is -2.31. The van der Waals surface area contributed by atoms with Gasteiger partial charge in [-0.2, -0.15) is 0 Å². The van der Waals surface area contributed by atoms with Gasteiger partial charge in [-0.1, -0.05) is 41.5 Å². The Balaban J connectivity index is 0.000000637. The Labute approximate surface area is 275 Å². The standard InChI is InChI=1S/C30H42N2O5S.C4H4O4/c1-29(2,3)22-15-20(16-23(27(22)34)30(4,5)6)28-32(26(33)18-38-28)12-8-11-31(7)13-14-35-21-9-10-24-25(17-21)37-19-36-24;5-3(6)1-2-4(7)8/h9-10,15-17,28,34H,8,11-14,18-19H2,1-7H3;1-2H,(H,5,6)(H,7,8)/b;2-1+/t28-;/m0./s1. The minimum atomic E-state index is -1.26. The number of carbonyl (C=O) groups excluding carboxylic acids is 1. The summed E-state index contributed by atoms with van der Waals surface area (Å²) in [4.78, 5) is 36.2. The second kappa shape index (κ2) is 15.6. The Bertz CT molecular complexity index is 1380. The molecule has 0 bridgehead atoms. The van der Waals surface area contributed by atoms with Crippen LogP contribution in [0.25, 0.3) is 0 Å². The number of fused-ring (bicyclic) bond motifs is 1. The van der Waals surface area contributed by atoms with E-state index in [1.165, 1.54) is 0 Å². The number of ether oxygens (including phenoxy) is 3. The number of phenolic OH excluding ortho intramolecular Hbond substituents is 1. The molecular weight excluding hydrogens is 612 g/mol. The van der Waals surface area contributed by atoms with Crippen LogP contribution >= 0.6 is 11.8 Å². The molecule has 0 spiro atoms. The van der Waals surface area contributed by atoms with E-state index in [1.807, 2.05) is 23.1 Å². The molecule has 0 aromatic heterocycles. The lowest BCUT2D eigenvalue weighted by Crippen LogP contribution is -2.33. The molecule has 2 heterocycles. The Morgan fingerprint density at radius 3 is 2.13 bits per heavy atom. The highest BCUT2D eigenvalue weighted by Crippen LogP contribution is 2.45. The number of thioether (sulfide) groups is 1. The van der Waals surface area contributed by atoms with Crippen LogP contribution < -0.4 is 14.2 Å². The highest BCUT2D eigenvalue weighted by molar-refractivity contribution is 8.00. The lowest BCUT2D eigenvalue weighted by molar-refractivity contribution is -0.134. The van der Waals surface area contributed by atoms with Crippen LogP contribution in [0, 0.1) is 0 Å². The van der Waals surface area contributed by atoms with E-state index in [2.05, 4.69) is 65.6 Å². The van der Waals surface area contributed by atoms with E-state index in [0.717, 1.165) is 53.4 Å². The smallest absolute Gasteiger partial charge is 0.328 e. The van der Waals surface area contributed by atoms with Crippen molar-refractivity contribution in [2.75, 3.05) is 45.8 Å². The van der Waals surface area contributed by atoms with Crippen LogP contribution in [-0.4, -0.2) is 88.8 Å². The van der Waals surface area contributed by atoms with Gasteiger partial charge in [-0.25, -0.2) is 9.59 Å². The second-order valence-corrected chi connectivity index (χ2v) is 14.3. The van der Waals surface area contributed by atoms with Gasteiger partial charge in [-0.15, -0.1) is 11.8 Å². The highest BCUT2D eigenvalue weighted by Gasteiger charge is 2.35. The number of benzene rings is 2. The average Bonchev–Trinajstić information content (AvgIpc) is 3.57. The maximum absolute atomic E-state index is 12.9. The van der Waals surface area contributed by atoms with Gasteiger partial charge in [0.05, 0.1) is 5.75 Å². The molecular formula is C34H46N2O9S. The third-order valence-corrected chi connectivity index (χ3v) is 8.65. The van der Waals surface area contributed by atoms with Crippen LogP contribution in [0.3, 0.4) is 0 Å². The van der Waals surface area contributed by atoms with E-state index >= 15 is 0 Å². The van der Waals surface area contributed by atoms with Crippen molar-refractivity contribution < 1.29 is 43.9 Å². The van der Waals surface area contributed by atoms with Crippen molar-refractivity contribution in [3.8, 4) is 23.0 Å². The van der Waals surface area contributed by atoms with Crippen LogP contribution in [0.2, 0.25) is 0 Å². The summed E-state index contributed by atoms with van der Waals surface area (Å²) in [6.45, 7) is 15.9. The molecule has 2 aromatic carbocycles. The molecule has 12 heteroatoms. The number of carboxylic acid groups (broad SMARTS) is 2. The number of aromatic hydroxyl groups is 1. The van der Waals surface area contributed by atoms with Gasteiger partial charge in [-0.3, -0.25) is 4.79 Å². The topological polar surface area (TPSA) is 146 Å². The van der Waals surface area contributed by atoms with E-state index in [4.69, 9.17) is 24.4 Å². The molecule has 0 aliphatic carbocycles. The molecule has 0 saturated carbocycles. The largest absolute Gasteiger partial charge is 0.507 e. The van der Waals surface area contributed by atoms with Gasteiger partial charge in [0.1, 0.15) is 23.5 Å². The Morgan fingerprint density at radius 1 is 0.978 bits per heavy atom. The fourth-order valence-electron chi connectivity index (χ4n) is 4.97. The first-order valence-corrected chi connectivity index (χ1v) is 16.2. The Kier molecular flexibility index (Phi) is 12.4. The number of carbonyl (C=O) groups is 3. The zero-order valence-corrected chi connectivity index (χ0v) is 28.5. The van der Waals surface area contributed by atoms with Gasteiger partial charge in [0.2, 0.25) is 12.7 Å². The number of carboxylic acids is 2. The number of likely N-dealkylation sites (N-methyl/N-ethyl adjacent to an activating group) is 1. The third-order valence-electron chi connectivity index (χ3n) is 7.39. The first-order valence-electron chi connectivity index (χ1n) is 15.1. The third kappa shape index (κ3) is 10.3. The van der Waals surface area contributed by atoms with Crippen molar-refractivity contribution in [1.29, 1.82) is 0 Å². The van der Waals surface area contributed by atoms with Crippen molar-refractivity contribution >= 4 is 29.6 Å². The number of rotatable bonds is 11. The summed E-state index contributed by atoms with van der Waals surface area (Å²) >= 11 is 1.68. The van der Waals surface area contributed by atoms with Crippen LogP contribution in [0.1, 0.15) is 70.0 Å². The molecule has 1 amide bonds. The van der Waals surface area contributed by atoms with Crippen LogP contribution in [-0.2, 0) is 25.2 Å². The summed E-state index contributed by atoms with van der Waals surface area (Å²) in [7, 11) is 2.08. The molecule has 2 aliphatic rings. The van der Waals surface area contributed by atoms with Crippen LogP contribution in [0.15, 0.2) is 42.5 Å². The zero-order valence-electron chi connectivity index (χ0n) is 27.7. The van der Waals surface area contributed by atoms with Crippen molar-refractivity contribution in [1.82, 2.24) is 9.80 Å². The predicted molar refractivity (Wildman–Crippen MR) is 177 cm³/mol. The fourth-order valence-corrected chi connectivity index (χ4v) is 6.16. The van der Waals surface area contributed by atoms with E-state index < -0.39 is 11.9 Å². The molecule has 2 aromatic rings. The summed E-state index contributed by atoms with van der Waals surface area (Å²) in [5, 5.41) is 26.7. The molecule has 3 N–H and O–H groups in total. The zero-order chi connectivity index (χ0) is 34.2. The Morgan fingerprint density at radius 2 is 1.57 bits per heavy atom. The first-order chi connectivity index (χ1) is 21.5. The number of nitrogens with zero attached hydrogens (tertiary/aromatic N) is 2. The summed E-state index contributed by atoms with van der Waals surface area (Å²) in [5.41, 5.74) is 2.55. The van der Waals surface area contributed by atoms with Crippen molar-refractivity contribution in [3.63, 3.8) is 0 Å². The molecule has 4 rings (SSSR count). The van der Waals surface area contributed by atoms with E-state index in [1.54, 1.807) is 11.8 Å². The molecule has 1 saturated heterocycles. The summed E-state index contributed by atoms with van der Waals surface area (Å²) in [6.07, 6.45) is 1.99. The van der Waals surface area contributed by atoms with E-state index in [9.17, 15) is 19.5 Å². The summed E-state index contributed by atoms with van der Waals surface area (Å²) < 4.78 is 16.7. The van der Waals surface area contributed by atoms with Crippen molar-refractivity contribution in [3.05, 3.63) is 59.2 Å². The SMILES string of the molecule is CN(CCCN1C(=O)CS[C@H]1c1cc(C(C)(C)C)c(O)c(C(C)(C)C)c1)CCOc1ccc2c(c1)OCO2.O=C(O)/C=C/C(=O)O. The minimum absolute atomic E-state index is 0.0371. The minimum Gasteiger partial charge on any atom is -0.507 e. The van der Waals surface area contributed by atoms with Crippen molar-refractivity contribution in [2.45, 2.75) is 64.2 Å². The highest BCUT2D eigenvalue weighted by atomic mass is 32.2. The van der Waals surface area contributed by atoms with E-state index in [0.29, 0.717) is 36.8 Å². The van der Waals surface area contributed by atoms with Crippen molar-refractivity contribution in [2.24, 2.45) is 0 Å². The predicted octanol–water partition coefficient (Wildman–Crippen LogP) is 5.40. The maximum atomic E-state index is 12.9. The first kappa shape index (κ1) is 36.6. The number of aliphatic carboxylic acids is 2. The lowest BCUT2D eigenvalue weighted by atomic mass is 9.78. The number of phenols is 1. The molecule has 252 valence electrons. The van der Waals surface area contributed by atoms with Gasteiger partial charge in [-0.05, 0) is 71.8 Å². The molecule has 0 radical (unpaired) electrons. The number of amides is 1. The molecule has 11 nitrogen and oxygen atoms in total. The monoisotopic (exact) mass is 658 g/mol. The molecule has 0 unspecified atom stereocenters. The number of hydrogen-bond acceptors (Lipinski definition) is 9. The van der Waals surface area contributed by atoms with Gasteiger partial charge in [0, 0.05) is 31.3 Å². The molecule has 1 atom stereocenters. The van der Waals surface area contributed by atoms with Crippen LogP contribution in [0.4, 0.5) is 0 Å². The normalized spacial score (nSPS) is 16.1. The number of hydrogen-bond donors (Lipinski definition) is 3. The van der Waals surface area contributed by atoms with E-state index in [-0.39, 0.29) is 28.9 Å². The average molecular weight is 659 g/mol. The Hall–Kier alpha value is -3.90. The second-order valence-electron chi connectivity index (χ2n) is 13.2. The van der Waals surface area contributed by atoms with Crippen LogP contribution in [0.5, 0.6) is 23.0 Å². The molecule has 1 fully saturated rings. The van der Waals surface area contributed by atoms with Gasteiger partial charge >= 0.3 is 11.9 Å². The quantitative estimate of drug-likeness (QED) is 0.267. The van der Waals surface area contributed by atoms with Gasteiger partial charge < -0.3 is 39.3 Å². The van der Waals surface area contributed by atoms with Gasteiger partial charge in [0.25, 0.3) is 0 Å². The fraction of sp³-hybridized carbons (Fsp3) is 0.500.